The van der Waals surface area contributed by atoms with Crippen LogP contribution in [0.2, 0.25) is 0 Å². The molecule has 0 radical (unpaired) electrons. The molecule has 9 heteroatoms. The zero-order valence-corrected chi connectivity index (χ0v) is 16.4. The molecule has 3 rings (SSSR count). The third-order valence-electron chi connectivity index (χ3n) is 3.93. The summed E-state index contributed by atoms with van der Waals surface area (Å²) in [6, 6.07) is 16.6. The van der Waals surface area contributed by atoms with Crippen molar-refractivity contribution in [2.24, 2.45) is 0 Å². The lowest BCUT2D eigenvalue weighted by Crippen LogP contribution is -2.15. The number of hydrogen-bond donors (Lipinski definition) is 2. The highest BCUT2D eigenvalue weighted by Crippen LogP contribution is 2.22. The van der Waals surface area contributed by atoms with Crippen molar-refractivity contribution in [3.8, 4) is 0 Å². The smallest absolute Gasteiger partial charge is 0.261 e. The van der Waals surface area contributed by atoms with E-state index < -0.39 is 25.9 Å². The van der Waals surface area contributed by atoms with Crippen LogP contribution in [0.15, 0.2) is 82.6 Å². The second-order valence-corrected chi connectivity index (χ2v) is 9.37. The van der Waals surface area contributed by atoms with E-state index in [2.05, 4.69) is 9.44 Å². The van der Waals surface area contributed by atoms with Gasteiger partial charge in [-0.15, -0.1) is 0 Å². The predicted molar refractivity (Wildman–Crippen MR) is 106 cm³/mol. The van der Waals surface area contributed by atoms with E-state index in [4.69, 9.17) is 0 Å². The Morgan fingerprint density at radius 1 is 0.679 bits per heavy atom. The van der Waals surface area contributed by atoms with Crippen molar-refractivity contribution in [1.29, 1.82) is 0 Å². The van der Waals surface area contributed by atoms with Crippen molar-refractivity contribution < 1.29 is 21.2 Å². The van der Waals surface area contributed by atoms with Crippen molar-refractivity contribution in [3.05, 3.63) is 84.2 Å². The molecular formula is C19H17FN2O4S2. The van der Waals surface area contributed by atoms with Gasteiger partial charge < -0.3 is 0 Å². The molecule has 0 saturated carbocycles. The van der Waals surface area contributed by atoms with Gasteiger partial charge in [-0.2, -0.15) is 0 Å². The molecule has 3 aromatic carbocycles. The molecule has 2 N–H and O–H groups in total. The van der Waals surface area contributed by atoms with E-state index in [0.717, 1.165) is 29.8 Å². The number of sulfonamides is 2. The number of para-hydroxylation sites is 1. The van der Waals surface area contributed by atoms with Crippen LogP contribution in [0.3, 0.4) is 0 Å². The lowest BCUT2D eigenvalue weighted by Gasteiger charge is -2.12. The quantitative estimate of drug-likeness (QED) is 0.635. The lowest BCUT2D eigenvalue weighted by atomic mass is 10.2. The van der Waals surface area contributed by atoms with Gasteiger partial charge in [0.2, 0.25) is 0 Å². The van der Waals surface area contributed by atoms with Crippen LogP contribution in [0, 0.1) is 12.7 Å². The van der Waals surface area contributed by atoms with Gasteiger partial charge in [-0.05, 0) is 67.1 Å². The molecular weight excluding hydrogens is 403 g/mol. The van der Waals surface area contributed by atoms with E-state index >= 15 is 0 Å². The van der Waals surface area contributed by atoms with Gasteiger partial charge in [-0.3, -0.25) is 9.44 Å². The highest BCUT2D eigenvalue weighted by molar-refractivity contribution is 7.93. The third-order valence-corrected chi connectivity index (χ3v) is 6.71. The fraction of sp³-hybridized carbons (Fsp3) is 0.0526. The number of halogens is 1. The number of benzene rings is 3. The first-order chi connectivity index (χ1) is 13.2. The monoisotopic (exact) mass is 420 g/mol. The summed E-state index contributed by atoms with van der Waals surface area (Å²) in [4.78, 5) is -0.118. The minimum absolute atomic E-state index is 0.0134. The maximum atomic E-state index is 13.0. The number of anilines is 2. The predicted octanol–water partition coefficient (Wildman–Crippen LogP) is 3.74. The van der Waals surface area contributed by atoms with Crippen LogP contribution in [0.1, 0.15) is 5.56 Å². The molecule has 0 saturated heterocycles. The molecule has 0 amide bonds. The van der Waals surface area contributed by atoms with Crippen molar-refractivity contribution in [2.75, 3.05) is 9.44 Å². The molecule has 0 bridgehead atoms. The summed E-state index contributed by atoms with van der Waals surface area (Å²) < 4.78 is 67.4. The number of hydrogen-bond acceptors (Lipinski definition) is 4. The average Bonchev–Trinajstić information content (AvgIpc) is 2.64. The van der Waals surface area contributed by atoms with Gasteiger partial charge in [0.05, 0.1) is 15.5 Å². The highest BCUT2D eigenvalue weighted by atomic mass is 32.2. The SMILES string of the molecule is Cc1ccccc1NS(=O)(=O)c1ccc(NS(=O)(=O)c2ccc(F)cc2)cc1. The summed E-state index contributed by atoms with van der Waals surface area (Å²) >= 11 is 0. The fourth-order valence-electron chi connectivity index (χ4n) is 2.42. The van der Waals surface area contributed by atoms with Crippen LogP contribution >= 0.6 is 0 Å². The Balaban J connectivity index is 1.79. The van der Waals surface area contributed by atoms with Crippen molar-refractivity contribution in [2.45, 2.75) is 16.7 Å². The first kappa shape index (κ1) is 19.8. The van der Waals surface area contributed by atoms with E-state index in [0.29, 0.717) is 5.69 Å². The minimum Gasteiger partial charge on any atom is -0.280 e. The van der Waals surface area contributed by atoms with Gasteiger partial charge in [0.15, 0.2) is 0 Å². The van der Waals surface area contributed by atoms with E-state index in [1.807, 2.05) is 0 Å². The molecule has 0 aliphatic heterocycles. The first-order valence-corrected chi connectivity index (χ1v) is 11.1. The molecule has 28 heavy (non-hydrogen) atoms. The largest absolute Gasteiger partial charge is 0.280 e. The molecule has 0 fully saturated rings. The zero-order chi connectivity index (χ0) is 20.4. The Morgan fingerprint density at radius 3 is 1.75 bits per heavy atom. The second kappa shape index (κ2) is 7.61. The van der Waals surface area contributed by atoms with Crippen LogP contribution in [0.5, 0.6) is 0 Å². The van der Waals surface area contributed by atoms with E-state index in [9.17, 15) is 21.2 Å². The van der Waals surface area contributed by atoms with Gasteiger partial charge in [-0.25, -0.2) is 21.2 Å². The standard InChI is InChI=1S/C19H17FN2O4S2/c1-14-4-2-3-5-19(14)22-28(25,26)18-12-8-16(9-13-18)21-27(23,24)17-10-6-15(20)7-11-17/h2-13,21-22H,1H3. The van der Waals surface area contributed by atoms with E-state index in [1.165, 1.54) is 24.3 Å². The molecule has 0 spiro atoms. The maximum absolute atomic E-state index is 13.0. The lowest BCUT2D eigenvalue weighted by molar-refractivity contribution is 0.599. The van der Waals surface area contributed by atoms with Crippen LogP contribution in [-0.2, 0) is 20.0 Å². The van der Waals surface area contributed by atoms with E-state index in [1.54, 1.807) is 31.2 Å². The van der Waals surface area contributed by atoms with Gasteiger partial charge in [0, 0.05) is 5.69 Å². The zero-order valence-electron chi connectivity index (χ0n) is 14.8. The van der Waals surface area contributed by atoms with Gasteiger partial charge >= 0.3 is 0 Å². The normalized spacial score (nSPS) is 11.8. The van der Waals surface area contributed by atoms with Crippen molar-refractivity contribution in [3.63, 3.8) is 0 Å². The molecule has 0 aliphatic rings. The topological polar surface area (TPSA) is 92.3 Å². The number of rotatable bonds is 6. The summed E-state index contributed by atoms with van der Waals surface area (Å²) in [6.07, 6.45) is 0. The summed E-state index contributed by atoms with van der Waals surface area (Å²) in [5, 5.41) is 0. The molecule has 0 heterocycles. The molecule has 3 aromatic rings. The Hall–Kier alpha value is -2.91. The van der Waals surface area contributed by atoms with Gasteiger partial charge in [0.25, 0.3) is 20.0 Å². The Kier molecular flexibility index (Phi) is 5.39. The van der Waals surface area contributed by atoms with Crippen molar-refractivity contribution >= 4 is 31.4 Å². The third kappa shape index (κ3) is 4.49. The Labute approximate surface area is 163 Å². The first-order valence-electron chi connectivity index (χ1n) is 8.14. The maximum Gasteiger partial charge on any atom is 0.261 e. The molecule has 6 nitrogen and oxygen atoms in total. The number of nitrogens with one attached hydrogen (secondary N) is 2. The molecule has 0 aromatic heterocycles. The summed E-state index contributed by atoms with van der Waals surface area (Å²) in [6.45, 7) is 1.78. The van der Waals surface area contributed by atoms with E-state index in [-0.39, 0.29) is 15.5 Å². The summed E-state index contributed by atoms with van der Waals surface area (Å²) in [5.41, 5.74) is 1.41. The second-order valence-electron chi connectivity index (χ2n) is 6.00. The van der Waals surface area contributed by atoms with Gasteiger partial charge in [0.1, 0.15) is 5.82 Å². The Bertz CT molecular complexity index is 1190. The fourth-order valence-corrected chi connectivity index (χ4v) is 4.61. The molecule has 0 aliphatic carbocycles. The van der Waals surface area contributed by atoms with Crippen molar-refractivity contribution in [1.82, 2.24) is 0 Å². The summed E-state index contributed by atoms with van der Waals surface area (Å²) in [5.74, 6) is -0.547. The molecule has 0 unspecified atom stereocenters. The highest BCUT2D eigenvalue weighted by Gasteiger charge is 2.17. The van der Waals surface area contributed by atoms with Gasteiger partial charge in [-0.1, -0.05) is 18.2 Å². The molecule has 0 atom stereocenters. The summed E-state index contributed by atoms with van der Waals surface area (Å²) in [7, 11) is -7.74. The average molecular weight is 420 g/mol. The molecule has 146 valence electrons. The van der Waals surface area contributed by atoms with Crippen LogP contribution in [-0.4, -0.2) is 16.8 Å². The number of aryl methyl sites for hydroxylation is 1. The van der Waals surface area contributed by atoms with Crippen LogP contribution < -0.4 is 9.44 Å². The minimum atomic E-state index is -3.91. The van der Waals surface area contributed by atoms with Crippen LogP contribution in [0.25, 0.3) is 0 Å². The Morgan fingerprint density at radius 2 is 1.18 bits per heavy atom. The van der Waals surface area contributed by atoms with Crippen LogP contribution in [0.4, 0.5) is 15.8 Å².